The fourth-order valence-corrected chi connectivity index (χ4v) is 1.41. The Hall–Kier alpha value is -1.30. The van der Waals surface area contributed by atoms with E-state index in [0.29, 0.717) is 31.3 Å². The number of hydrogen-bond acceptors (Lipinski definition) is 4. The Labute approximate surface area is 105 Å². The first kappa shape index (κ1) is 13.8. The van der Waals surface area contributed by atoms with Crippen LogP contribution >= 0.6 is 11.6 Å². The molecule has 0 aliphatic carbocycles. The highest BCUT2D eigenvalue weighted by Crippen LogP contribution is 2.20. The van der Waals surface area contributed by atoms with Gasteiger partial charge in [-0.05, 0) is 18.2 Å². The molecule has 17 heavy (non-hydrogen) atoms. The zero-order valence-corrected chi connectivity index (χ0v) is 10.0. The molecule has 1 rings (SSSR count). The van der Waals surface area contributed by atoms with Gasteiger partial charge in [0, 0.05) is 13.1 Å². The minimum Gasteiger partial charge on any atom is -0.508 e. The van der Waals surface area contributed by atoms with E-state index in [1.807, 2.05) is 0 Å². The van der Waals surface area contributed by atoms with E-state index < -0.39 is 0 Å². The molecule has 0 radical (unpaired) electrons. The van der Waals surface area contributed by atoms with Crippen molar-refractivity contribution in [3.8, 4) is 5.75 Å². The molecular formula is C11H15ClN2O3. The molecular weight excluding hydrogens is 244 g/mol. The number of phenolic OH excluding ortho intramolecular Hbond substituents is 1. The van der Waals surface area contributed by atoms with Crippen molar-refractivity contribution in [3.05, 3.63) is 28.8 Å². The molecule has 0 bridgehead atoms. The molecule has 0 aliphatic heterocycles. The van der Waals surface area contributed by atoms with E-state index in [-0.39, 0.29) is 17.2 Å². The molecule has 94 valence electrons. The van der Waals surface area contributed by atoms with E-state index in [9.17, 15) is 9.90 Å². The topological polar surface area (TPSA) is 84.6 Å². The number of halogens is 1. The summed E-state index contributed by atoms with van der Waals surface area (Å²) in [6.07, 6.45) is 0. The van der Waals surface area contributed by atoms with Gasteiger partial charge in [-0.2, -0.15) is 0 Å². The van der Waals surface area contributed by atoms with Crippen LogP contribution in [-0.4, -0.2) is 37.3 Å². The third kappa shape index (κ3) is 4.60. The molecule has 0 saturated heterocycles. The summed E-state index contributed by atoms with van der Waals surface area (Å²) in [5.41, 5.74) is 5.48. The zero-order chi connectivity index (χ0) is 12.7. The summed E-state index contributed by atoms with van der Waals surface area (Å²) < 4.78 is 5.10. The predicted molar refractivity (Wildman–Crippen MR) is 65.3 cm³/mol. The van der Waals surface area contributed by atoms with Gasteiger partial charge in [0.05, 0.1) is 23.8 Å². The predicted octanol–water partition coefficient (Wildman–Crippen LogP) is 0.751. The van der Waals surface area contributed by atoms with Crippen LogP contribution in [0.25, 0.3) is 0 Å². The molecule has 0 aromatic heterocycles. The second kappa shape index (κ2) is 7.11. The number of hydrogen-bond donors (Lipinski definition) is 3. The number of benzene rings is 1. The number of amides is 1. The van der Waals surface area contributed by atoms with Gasteiger partial charge >= 0.3 is 0 Å². The van der Waals surface area contributed by atoms with Crippen LogP contribution in [0.5, 0.6) is 5.75 Å². The summed E-state index contributed by atoms with van der Waals surface area (Å²) in [7, 11) is 0. The van der Waals surface area contributed by atoms with Gasteiger partial charge in [-0.15, -0.1) is 0 Å². The lowest BCUT2D eigenvalue weighted by atomic mass is 10.2. The molecule has 0 aliphatic rings. The van der Waals surface area contributed by atoms with Gasteiger partial charge in [-0.3, -0.25) is 4.79 Å². The summed E-state index contributed by atoms with van der Waals surface area (Å²) in [5.74, 6) is -0.346. The van der Waals surface area contributed by atoms with E-state index in [1.165, 1.54) is 18.2 Å². The van der Waals surface area contributed by atoms with Crippen molar-refractivity contribution in [3.63, 3.8) is 0 Å². The average Bonchev–Trinajstić information content (AvgIpc) is 2.32. The quantitative estimate of drug-likeness (QED) is 0.658. The molecule has 0 saturated carbocycles. The SMILES string of the molecule is NCCOCCNC(=O)c1cc(O)ccc1Cl. The van der Waals surface area contributed by atoms with Gasteiger partial charge in [-0.1, -0.05) is 11.6 Å². The highest BCUT2D eigenvalue weighted by molar-refractivity contribution is 6.33. The Kier molecular flexibility index (Phi) is 5.76. The maximum atomic E-state index is 11.7. The monoisotopic (exact) mass is 258 g/mol. The zero-order valence-electron chi connectivity index (χ0n) is 9.28. The van der Waals surface area contributed by atoms with Crippen molar-refractivity contribution in [2.24, 2.45) is 5.73 Å². The van der Waals surface area contributed by atoms with Crippen LogP contribution in [0.2, 0.25) is 5.02 Å². The molecule has 0 heterocycles. The van der Waals surface area contributed by atoms with Crippen LogP contribution in [0.4, 0.5) is 0 Å². The smallest absolute Gasteiger partial charge is 0.253 e. The Morgan fingerprint density at radius 2 is 2.24 bits per heavy atom. The second-order valence-electron chi connectivity index (χ2n) is 3.32. The van der Waals surface area contributed by atoms with Gasteiger partial charge in [0.2, 0.25) is 0 Å². The highest BCUT2D eigenvalue weighted by Gasteiger charge is 2.10. The van der Waals surface area contributed by atoms with Crippen LogP contribution in [0.15, 0.2) is 18.2 Å². The summed E-state index contributed by atoms with van der Waals surface area (Å²) in [5, 5.41) is 12.2. The summed E-state index contributed by atoms with van der Waals surface area (Å²) in [6, 6.07) is 4.21. The van der Waals surface area contributed by atoms with Gasteiger partial charge in [0.15, 0.2) is 0 Å². The molecule has 0 atom stereocenters. The van der Waals surface area contributed by atoms with E-state index in [1.54, 1.807) is 0 Å². The maximum absolute atomic E-state index is 11.7. The molecule has 0 spiro atoms. The molecule has 5 nitrogen and oxygen atoms in total. The number of rotatable bonds is 6. The van der Waals surface area contributed by atoms with E-state index in [0.717, 1.165) is 0 Å². The first-order chi connectivity index (χ1) is 8.15. The van der Waals surface area contributed by atoms with Crippen LogP contribution in [0, 0.1) is 0 Å². The fourth-order valence-electron chi connectivity index (χ4n) is 1.20. The molecule has 1 aromatic carbocycles. The Morgan fingerprint density at radius 3 is 2.94 bits per heavy atom. The number of carbonyl (C=O) groups excluding carboxylic acids is 1. The lowest BCUT2D eigenvalue weighted by molar-refractivity contribution is 0.0919. The van der Waals surface area contributed by atoms with Crippen molar-refractivity contribution < 1.29 is 14.6 Å². The van der Waals surface area contributed by atoms with E-state index in [2.05, 4.69) is 5.32 Å². The molecule has 1 amide bonds. The second-order valence-corrected chi connectivity index (χ2v) is 3.73. The number of nitrogens with two attached hydrogens (primary N) is 1. The van der Waals surface area contributed by atoms with Crippen LogP contribution < -0.4 is 11.1 Å². The Bertz CT molecular complexity index is 385. The van der Waals surface area contributed by atoms with E-state index in [4.69, 9.17) is 22.1 Å². The van der Waals surface area contributed by atoms with Crippen LogP contribution in [-0.2, 0) is 4.74 Å². The lowest BCUT2D eigenvalue weighted by Gasteiger charge is -2.07. The number of phenols is 1. The summed E-state index contributed by atoms with van der Waals surface area (Å²) in [4.78, 5) is 11.7. The molecule has 1 aromatic rings. The van der Waals surface area contributed by atoms with Gasteiger partial charge in [0.1, 0.15) is 5.75 Å². The molecule has 4 N–H and O–H groups in total. The Morgan fingerprint density at radius 1 is 1.47 bits per heavy atom. The minimum absolute atomic E-state index is 0.000989. The summed E-state index contributed by atoms with van der Waals surface area (Å²) in [6.45, 7) is 1.67. The van der Waals surface area contributed by atoms with Gasteiger partial charge in [0.25, 0.3) is 5.91 Å². The van der Waals surface area contributed by atoms with Crippen molar-refractivity contribution >= 4 is 17.5 Å². The standard InChI is InChI=1S/C11H15ClN2O3/c12-10-2-1-8(15)7-9(10)11(16)14-4-6-17-5-3-13/h1-2,7,15H,3-6,13H2,(H,14,16). The van der Waals surface area contributed by atoms with Crippen molar-refractivity contribution in [1.29, 1.82) is 0 Å². The molecule has 6 heteroatoms. The Balaban J connectivity index is 2.44. The molecule has 0 unspecified atom stereocenters. The largest absolute Gasteiger partial charge is 0.508 e. The van der Waals surface area contributed by atoms with Crippen molar-refractivity contribution in [2.45, 2.75) is 0 Å². The maximum Gasteiger partial charge on any atom is 0.253 e. The molecule has 0 fully saturated rings. The average molecular weight is 259 g/mol. The first-order valence-electron chi connectivity index (χ1n) is 5.19. The first-order valence-corrected chi connectivity index (χ1v) is 5.57. The van der Waals surface area contributed by atoms with Crippen molar-refractivity contribution in [2.75, 3.05) is 26.3 Å². The number of carbonyl (C=O) groups is 1. The number of nitrogens with one attached hydrogen (secondary N) is 1. The van der Waals surface area contributed by atoms with Crippen LogP contribution in [0.1, 0.15) is 10.4 Å². The normalized spacial score (nSPS) is 10.2. The van der Waals surface area contributed by atoms with E-state index >= 15 is 0 Å². The number of ether oxygens (including phenoxy) is 1. The van der Waals surface area contributed by atoms with Gasteiger partial charge < -0.3 is 20.9 Å². The van der Waals surface area contributed by atoms with Gasteiger partial charge in [-0.25, -0.2) is 0 Å². The highest BCUT2D eigenvalue weighted by atomic mass is 35.5. The third-order valence-corrected chi connectivity index (χ3v) is 2.32. The third-order valence-electron chi connectivity index (χ3n) is 1.99. The fraction of sp³-hybridized carbons (Fsp3) is 0.364. The lowest BCUT2D eigenvalue weighted by Crippen LogP contribution is -2.28. The van der Waals surface area contributed by atoms with Crippen molar-refractivity contribution in [1.82, 2.24) is 5.32 Å². The minimum atomic E-state index is -0.345. The van der Waals surface area contributed by atoms with Crippen LogP contribution in [0.3, 0.4) is 0 Å². The number of aromatic hydroxyl groups is 1. The summed E-state index contributed by atoms with van der Waals surface area (Å²) >= 11 is 5.83.